The number of methoxy groups -OCH3 is 2. The number of carbonyl (C=O) groups is 6. The molecule has 2 aliphatic heterocycles. The molecule has 18 heteroatoms. The Morgan fingerprint density at radius 2 is 1.25 bits per heavy atom. The van der Waals surface area contributed by atoms with E-state index in [-0.39, 0.29) is 42.6 Å². The molecule has 4 rings (SSSR count). The zero-order valence-electron chi connectivity index (χ0n) is 32.2. The lowest BCUT2D eigenvalue weighted by Crippen LogP contribution is -2.63. The maximum Gasteiger partial charge on any atom is 0.308 e. The van der Waals surface area contributed by atoms with Crippen molar-refractivity contribution in [2.45, 2.75) is 90.4 Å². The van der Waals surface area contributed by atoms with Crippen molar-refractivity contribution in [2.75, 3.05) is 34.0 Å². The number of ether oxygens (including phenoxy) is 11. The van der Waals surface area contributed by atoms with Crippen LogP contribution in [0, 0.1) is 5.92 Å². The lowest BCUT2D eigenvalue weighted by Gasteiger charge is -2.44. The summed E-state index contributed by atoms with van der Waals surface area (Å²) in [5.74, 6) is -4.33. The number of carbonyl (C=O) groups excluding carboxylic acids is 6. The van der Waals surface area contributed by atoms with Gasteiger partial charge in [0.1, 0.15) is 18.3 Å². The number of aliphatic hydroxyl groups is 1. The van der Waals surface area contributed by atoms with Gasteiger partial charge < -0.3 is 57.2 Å². The molecule has 0 aromatic heterocycles. The van der Waals surface area contributed by atoms with Crippen LogP contribution >= 0.6 is 0 Å². The zero-order chi connectivity index (χ0) is 41.3. The van der Waals surface area contributed by atoms with Crippen molar-refractivity contribution in [3.63, 3.8) is 0 Å². The second-order valence-electron chi connectivity index (χ2n) is 13.1. The molecule has 8 atom stereocenters. The van der Waals surface area contributed by atoms with E-state index in [2.05, 4.69) is 0 Å². The maximum absolute atomic E-state index is 12.3. The van der Waals surface area contributed by atoms with E-state index < -0.39 is 90.8 Å². The van der Waals surface area contributed by atoms with E-state index >= 15 is 0 Å². The van der Waals surface area contributed by atoms with Crippen LogP contribution in [0.1, 0.15) is 58.8 Å². The minimum atomic E-state index is -1.59. The predicted molar refractivity (Wildman–Crippen MR) is 187 cm³/mol. The fourth-order valence-corrected chi connectivity index (χ4v) is 6.48. The van der Waals surface area contributed by atoms with Gasteiger partial charge in [-0.25, -0.2) is 0 Å². The van der Waals surface area contributed by atoms with Crippen molar-refractivity contribution in [2.24, 2.45) is 5.92 Å². The first-order valence-corrected chi connectivity index (χ1v) is 17.4. The molecule has 0 spiro atoms. The van der Waals surface area contributed by atoms with Gasteiger partial charge in [-0.2, -0.15) is 0 Å². The third-order valence-corrected chi connectivity index (χ3v) is 8.73. The molecule has 2 heterocycles. The van der Waals surface area contributed by atoms with Gasteiger partial charge in [0, 0.05) is 48.0 Å². The SMILES string of the molecule is COc1cc([C@H]2OC[C@](O)(Cc3ccc(O[C@@H]4O[C@H](COC(C)=O)[C@@H](OC(C)=O)[C@H](OC(C)=O)[C@H]4OC(C)=O)c(OC)c3)[C@@H]2COC(C)=O)ccc1OC(C)=O. The van der Waals surface area contributed by atoms with E-state index in [1.165, 1.54) is 40.2 Å². The molecule has 2 saturated heterocycles. The Morgan fingerprint density at radius 3 is 1.84 bits per heavy atom. The van der Waals surface area contributed by atoms with E-state index in [1.54, 1.807) is 24.3 Å². The van der Waals surface area contributed by atoms with E-state index in [9.17, 15) is 33.9 Å². The van der Waals surface area contributed by atoms with E-state index in [0.29, 0.717) is 11.1 Å². The molecule has 0 unspecified atom stereocenters. The van der Waals surface area contributed by atoms with Gasteiger partial charge in [0.15, 0.2) is 35.2 Å². The molecule has 18 nitrogen and oxygen atoms in total. The summed E-state index contributed by atoms with van der Waals surface area (Å²) in [6.07, 6.45) is -7.89. The van der Waals surface area contributed by atoms with Crippen molar-refractivity contribution < 1.29 is 86.0 Å². The third kappa shape index (κ3) is 11.1. The van der Waals surface area contributed by atoms with Gasteiger partial charge in [-0.1, -0.05) is 12.1 Å². The summed E-state index contributed by atoms with van der Waals surface area (Å²) in [4.78, 5) is 71.8. The summed E-state index contributed by atoms with van der Waals surface area (Å²) in [6, 6.07) is 9.49. The first-order chi connectivity index (χ1) is 26.4. The molecule has 2 aromatic carbocycles. The van der Waals surface area contributed by atoms with Crippen LogP contribution in [0.2, 0.25) is 0 Å². The average molecular weight is 791 g/mol. The van der Waals surface area contributed by atoms with Crippen LogP contribution in [0.15, 0.2) is 36.4 Å². The Morgan fingerprint density at radius 1 is 0.679 bits per heavy atom. The summed E-state index contributed by atoms with van der Waals surface area (Å²) in [6.45, 7) is 6.16. The van der Waals surface area contributed by atoms with Crippen LogP contribution in [0.5, 0.6) is 23.0 Å². The smallest absolute Gasteiger partial charge is 0.308 e. The molecule has 2 fully saturated rings. The molecule has 0 amide bonds. The molecule has 1 N–H and O–H groups in total. The number of hydrogen-bond acceptors (Lipinski definition) is 18. The first-order valence-electron chi connectivity index (χ1n) is 17.4. The molecule has 2 aliphatic rings. The lowest BCUT2D eigenvalue weighted by molar-refractivity contribution is -0.288. The second-order valence-corrected chi connectivity index (χ2v) is 13.1. The van der Waals surface area contributed by atoms with Crippen molar-refractivity contribution in [1.29, 1.82) is 0 Å². The van der Waals surface area contributed by atoms with Crippen LogP contribution < -0.4 is 18.9 Å². The highest BCUT2D eigenvalue weighted by Crippen LogP contribution is 2.45. The summed E-state index contributed by atoms with van der Waals surface area (Å²) in [7, 11) is 2.77. The van der Waals surface area contributed by atoms with E-state index in [1.807, 2.05) is 0 Å². The number of hydrogen-bond donors (Lipinski definition) is 1. The summed E-state index contributed by atoms with van der Waals surface area (Å²) >= 11 is 0. The third-order valence-electron chi connectivity index (χ3n) is 8.73. The largest absolute Gasteiger partial charge is 0.493 e. The number of rotatable bonds is 15. The van der Waals surface area contributed by atoms with Gasteiger partial charge >= 0.3 is 35.8 Å². The highest BCUT2D eigenvalue weighted by Gasteiger charge is 2.54. The van der Waals surface area contributed by atoms with Crippen LogP contribution in [-0.2, 0) is 68.3 Å². The Hall–Kier alpha value is -5.46. The van der Waals surface area contributed by atoms with Crippen LogP contribution in [-0.4, -0.2) is 111 Å². The molecule has 2 aromatic rings. The molecule has 0 saturated carbocycles. The highest BCUT2D eigenvalue weighted by atomic mass is 16.7. The fraction of sp³-hybridized carbons (Fsp3) is 0.526. The van der Waals surface area contributed by atoms with Crippen LogP contribution in [0.4, 0.5) is 0 Å². The lowest BCUT2D eigenvalue weighted by atomic mass is 9.80. The minimum Gasteiger partial charge on any atom is -0.493 e. The Bertz CT molecular complexity index is 1770. The molecule has 0 radical (unpaired) electrons. The second kappa shape index (κ2) is 18.9. The number of benzene rings is 2. The normalized spacial score (nSPS) is 25.6. The summed E-state index contributed by atoms with van der Waals surface area (Å²) in [5, 5.41) is 12.1. The van der Waals surface area contributed by atoms with Gasteiger partial charge in [-0.15, -0.1) is 0 Å². The molecule has 56 heavy (non-hydrogen) atoms. The average Bonchev–Trinajstić information content (AvgIpc) is 3.43. The van der Waals surface area contributed by atoms with Crippen LogP contribution in [0.3, 0.4) is 0 Å². The van der Waals surface area contributed by atoms with Crippen LogP contribution in [0.25, 0.3) is 0 Å². The molecular weight excluding hydrogens is 744 g/mol. The zero-order valence-corrected chi connectivity index (χ0v) is 32.2. The Kier molecular flexibility index (Phi) is 14.6. The van der Waals surface area contributed by atoms with Crippen molar-refractivity contribution in [1.82, 2.24) is 0 Å². The topological polar surface area (TPSA) is 224 Å². The maximum atomic E-state index is 12.3. The highest BCUT2D eigenvalue weighted by molar-refractivity contribution is 5.71. The van der Waals surface area contributed by atoms with Crippen molar-refractivity contribution >= 4 is 35.8 Å². The predicted octanol–water partition coefficient (Wildman–Crippen LogP) is 2.32. The summed E-state index contributed by atoms with van der Waals surface area (Å²) in [5.41, 5.74) is -0.482. The first kappa shape index (κ1) is 43.3. The van der Waals surface area contributed by atoms with E-state index in [0.717, 1.165) is 27.7 Å². The fourth-order valence-electron chi connectivity index (χ4n) is 6.48. The monoisotopic (exact) mass is 790 g/mol. The van der Waals surface area contributed by atoms with Gasteiger partial charge in [0.2, 0.25) is 12.4 Å². The standard InChI is InChI=1S/C38H46O18/c1-19(39)48-16-27-33(26-10-12-28(51-21(3)41)31(14-26)47-8)50-18-38(27,45)15-25-9-11-29(30(13-25)46-7)55-37-36(54-24(6)44)35(53-23(5)43)34(52-22(4)42)32(56-37)17-49-20(2)40/h9-14,27,32-37,45H,15-18H2,1-8H3/t27-,32-,33-,34-,35+,36-,37-,38-/m1/s1. The molecule has 306 valence electrons. The summed E-state index contributed by atoms with van der Waals surface area (Å²) < 4.78 is 61.5. The van der Waals surface area contributed by atoms with E-state index in [4.69, 9.17) is 52.1 Å². The Balaban J connectivity index is 1.65. The number of esters is 6. The Labute approximate surface area is 322 Å². The minimum absolute atomic E-state index is 0.0201. The molecular formula is C38H46O18. The van der Waals surface area contributed by atoms with Gasteiger partial charge in [0.25, 0.3) is 0 Å². The molecule has 0 aliphatic carbocycles. The van der Waals surface area contributed by atoms with Gasteiger partial charge in [0.05, 0.1) is 39.5 Å². The van der Waals surface area contributed by atoms with Crippen molar-refractivity contribution in [3.05, 3.63) is 47.5 Å². The quantitative estimate of drug-likeness (QED) is 0.155. The van der Waals surface area contributed by atoms with Gasteiger partial charge in [-0.3, -0.25) is 28.8 Å². The van der Waals surface area contributed by atoms with Gasteiger partial charge in [-0.05, 0) is 35.4 Å². The molecule has 0 bridgehead atoms. The van der Waals surface area contributed by atoms with Crippen molar-refractivity contribution in [3.8, 4) is 23.0 Å².